The van der Waals surface area contributed by atoms with Crippen molar-refractivity contribution in [2.45, 2.75) is 40.0 Å². The second-order valence-electron chi connectivity index (χ2n) is 11.6. The number of carbonyl (C=O) groups excluding carboxylic acids is 1. The third-order valence-corrected chi connectivity index (χ3v) is 7.83. The Morgan fingerprint density at radius 1 is 1.06 bits per heavy atom. The minimum atomic E-state index is -0.550. The number of anilines is 1. The minimum Gasteiger partial charge on any atom is -0.494 e. The standard InChI is InChI=1S/C39H39FN4O5/c1-7-13-27-19-26(20-35(47-6)37(27)49-23-36(45)42-33-17-12-10-15-31(33)40)22-41-44-38(43-32-16-11-9-14-28(32)39(44)46)30-21-29(24(3)4)34(48-8-2)18-25(30)5/h7,9-12,14-22,24H,1,8,13,23H2,2-6H3,(H,42,45). The first-order valence-electron chi connectivity index (χ1n) is 16.0. The summed E-state index contributed by atoms with van der Waals surface area (Å²) in [6.45, 7) is 12.1. The SMILES string of the molecule is C=CCc1cc(C=Nn2c(-c3cc(C(C)C)c(OCC)cc3C)nc3ccccc3c2=O)cc(OC)c1OCC(=O)Nc1ccccc1F. The van der Waals surface area contributed by atoms with Crippen molar-refractivity contribution in [1.29, 1.82) is 0 Å². The van der Waals surface area contributed by atoms with Gasteiger partial charge in [0.2, 0.25) is 0 Å². The van der Waals surface area contributed by atoms with Gasteiger partial charge in [-0.05, 0) is 91.4 Å². The first-order chi connectivity index (χ1) is 23.6. The number of hydrogen-bond acceptors (Lipinski definition) is 7. The Bertz CT molecular complexity index is 2100. The smallest absolute Gasteiger partial charge is 0.282 e. The zero-order valence-electron chi connectivity index (χ0n) is 28.2. The number of amides is 1. The van der Waals surface area contributed by atoms with Crippen LogP contribution in [0, 0.1) is 12.7 Å². The molecule has 49 heavy (non-hydrogen) atoms. The quantitative estimate of drug-likeness (QED) is 0.103. The van der Waals surface area contributed by atoms with Gasteiger partial charge < -0.3 is 19.5 Å². The summed E-state index contributed by atoms with van der Waals surface area (Å²) in [5.41, 5.74) is 4.21. The number of hydrogen-bond donors (Lipinski definition) is 1. The predicted molar refractivity (Wildman–Crippen MR) is 192 cm³/mol. The van der Waals surface area contributed by atoms with Gasteiger partial charge in [0.05, 0.1) is 36.5 Å². The molecule has 0 saturated carbocycles. The largest absolute Gasteiger partial charge is 0.494 e. The van der Waals surface area contributed by atoms with Crippen LogP contribution in [0.2, 0.25) is 0 Å². The average Bonchev–Trinajstić information content (AvgIpc) is 3.08. The normalized spacial score (nSPS) is 11.2. The maximum Gasteiger partial charge on any atom is 0.282 e. The lowest BCUT2D eigenvalue weighted by Crippen LogP contribution is -2.21. The molecule has 1 amide bonds. The summed E-state index contributed by atoms with van der Waals surface area (Å²) in [6, 6.07) is 20.6. The number of aromatic nitrogens is 2. The monoisotopic (exact) mass is 662 g/mol. The number of carbonyl (C=O) groups is 1. The van der Waals surface area contributed by atoms with Crippen molar-refractivity contribution >= 4 is 28.7 Å². The van der Waals surface area contributed by atoms with Crippen molar-refractivity contribution in [2.24, 2.45) is 5.10 Å². The fourth-order valence-electron chi connectivity index (χ4n) is 5.47. The summed E-state index contributed by atoms with van der Waals surface area (Å²) < 4.78 is 32.8. The molecule has 1 aromatic heterocycles. The summed E-state index contributed by atoms with van der Waals surface area (Å²) >= 11 is 0. The second kappa shape index (κ2) is 15.4. The molecule has 5 rings (SSSR count). The van der Waals surface area contributed by atoms with Gasteiger partial charge in [-0.25, -0.2) is 9.37 Å². The molecule has 4 aromatic carbocycles. The van der Waals surface area contributed by atoms with Gasteiger partial charge >= 0.3 is 0 Å². The predicted octanol–water partition coefficient (Wildman–Crippen LogP) is 7.67. The average molecular weight is 663 g/mol. The highest BCUT2D eigenvalue weighted by atomic mass is 19.1. The fraction of sp³-hybridized carbons (Fsp3) is 0.231. The number of methoxy groups -OCH3 is 1. The number of nitrogens with zero attached hydrogens (tertiary/aromatic N) is 3. The Balaban J connectivity index is 1.55. The maximum atomic E-state index is 14.0. The molecule has 10 heteroatoms. The van der Waals surface area contributed by atoms with Crippen molar-refractivity contribution < 1.29 is 23.4 Å². The highest BCUT2D eigenvalue weighted by Crippen LogP contribution is 2.35. The molecule has 1 N–H and O–H groups in total. The molecule has 0 atom stereocenters. The van der Waals surface area contributed by atoms with E-state index in [0.29, 0.717) is 52.4 Å². The van der Waals surface area contributed by atoms with E-state index in [1.807, 2.05) is 44.2 Å². The Kier molecular flexibility index (Phi) is 10.9. The molecular formula is C39H39FN4O5. The Morgan fingerprint density at radius 2 is 1.82 bits per heavy atom. The molecule has 5 aromatic rings. The van der Waals surface area contributed by atoms with Gasteiger partial charge in [-0.15, -0.1) is 6.58 Å². The number of para-hydroxylation sites is 2. The molecule has 0 saturated heterocycles. The van der Waals surface area contributed by atoms with Crippen LogP contribution < -0.4 is 25.1 Å². The van der Waals surface area contributed by atoms with E-state index in [2.05, 4.69) is 30.8 Å². The second-order valence-corrected chi connectivity index (χ2v) is 11.6. The number of aryl methyl sites for hydroxylation is 1. The van der Waals surface area contributed by atoms with Gasteiger partial charge in [0.15, 0.2) is 23.9 Å². The number of ether oxygens (including phenoxy) is 3. The zero-order valence-corrected chi connectivity index (χ0v) is 28.2. The summed E-state index contributed by atoms with van der Waals surface area (Å²) in [7, 11) is 1.48. The van der Waals surface area contributed by atoms with Crippen LogP contribution in [0.4, 0.5) is 10.1 Å². The molecule has 0 spiro atoms. The zero-order chi connectivity index (χ0) is 35.1. The highest BCUT2D eigenvalue weighted by molar-refractivity contribution is 5.92. The van der Waals surface area contributed by atoms with E-state index in [-0.39, 0.29) is 23.8 Å². The van der Waals surface area contributed by atoms with Crippen molar-refractivity contribution in [3.8, 4) is 28.6 Å². The van der Waals surface area contributed by atoms with Gasteiger partial charge in [-0.2, -0.15) is 9.78 Å². The van der Waals surface area contributed by atoms with Crippen LogP contribution in [0.1, 0.15) is 48.9 Å². The van der Waals surface area contributed by atoms with Crippen LogP contribution in [0.5, 0.6) is 17.2 Å². The summed E-state index contributed by atoms with van der Waals surface area (Å²) in [4.78, 5) is 31.5. The van der Waals surface area contributed by atoms with Gasteiger partial charge in [0.25, 0.3) is 11.5 Å². The Hall–Kier alpha value is -5.77. The molecule has 0 unspecified atom stereocenters. The van der Waals surface area contributed by atoms with Crippen LogP contribution in [0.3, 0.4) is 0 Å². The molecule has 0 bridgehead atoms. The van der Waals surface area contributed by atoms with Crippen molar-refractivity contribution in [2.75, 3.05) is 25.6 Å². The first kappa shape index (κ1) is 34.6. The van der Waals surface area contributed by atoms with E-state index in [0.717, 1.165) is 22.4 Å². The van der Waals surface area contributed by atoms with Crippen molar-refractivity contribution in [3.63, 3.8) is 0 Å². The number of rotatable bonds is 13. The number of nitrogens with one attached hydrogen (secondary N) is 1. The molecule has 0 aliphatic rings. The minimum absolute atomic E-state index is 0.0552. The highest BCUT2D eigenvalue weighted by Gasteiger charge is 2.19. The van der Waals surface area contributed by atoms with E-state index >= 15 is 0 Å². The molecule has 0 radical (unpaired) electrons. The molecule has 0 aliphatic carbocycles. The van der Waals surface area contributed by atoms with Crippen LogP contribution in [0.25, 0.3) is 22.3 Å². The molecule has 1 heterocycles. The maximum absolute atomic E-state index is 14.0. The summed E-state index contributed by atoms with van der Waals surface area (Å²) in [6.07, 6.45) is 3.63. The van der Waals surface area contributed by atoms with Gasteiger partial charge in [-0.1, -0.05) is 44.2 Å². The van der Waals surface area contributed by atoms with Gasteiger partial charge in [0, 0.05) is 11.1 Å². The molecule has 9 nitrogen and oxygen atoms in total. The van der Waals surface area contributed by atoms with Crippen LogP contribution in [0.15, 0.2) is 95.3 Å². The van der Waals surface area contributed by atoms with Crippen LogP contribution >= 0.6 is 0 Å². The fourth-order valence-corrected chi connectivity index (χ4v) is 5.47. The number of halogens is 1. The third kappa shape index (κ3) is 7.70. The number of benzene rings is 4. The Labute approximate surface area is 284 Å². The van der Waals surface area contributed by atoms with E-state index in [1.165, 1.54) is 30.0 Å². The summed E-state index contributed by atoms with van der Waals surface area (Å²) in [5.74, 6) is 0.932. The van der Waals surface area contributed by atoms with Crippen LogP contribution in [-0.4, -0.2) is 42.1 Å². The molecule has 252 valence electrons. The lowest BCUT2D eigenvalue weighted by atomic mass is 9.96. The van der Waals surface area contributed by atoms with E-state index < -0.39 is 11.7 Å². The first-order valence-corrected chi connectivity index (χ1v) is 16.0. The van der Waals surface area contributed by atoms with Crippen LogP contribution in [-0.2, 0) is 11.2 Å². The lowest BCUT2D eigenvalue weighted by molar-refractivity contribution is -0.118. The van der Waals surface area contributed by atoms with E-state index in [9.17, 15) is 14.0 Å². The van der Waals surface area contributed by atoms with Gasteiger partial charge in [0.1, 0.15) is 11.6 Å². The number of fused-ring (bicyclic) bond motifs is 1. The number of allylic oxidation sites excluding steroid dienone is 1. The molecule has 0 aliphatic heterocycles. The summed E-state index contributed by atoms with van der Waals surface area (Å²) in [5, 5.41) is 7.62. The molecule has 0 fully saturated rings. The lowest BCUT2D eigenvalue weighted by Gasteiger charge is -2.18. The molecular weight excluding hydrogens is 623 g/mol. The van der Waals surface area contributed by atoms with Crippen molar-refractivity contribution in [1.82, 2.24) is 9.66 Å². The van der Waals surface area contributed by atoms with E-state index in [1.54, 1.807) is 36.6 Å². The third-order valence-electron chi connectivity index (χ3n) is 7.83. The van der Waals surface area contributed by atoms with Crippen molar-refractivity contribution in [3.05, 3.63) is 124 Å². The topological polar surface area (TPSA) is 104 Å². The Morgan fingerprint density at radius 3 is 2.53 bits per heavy atom. The van der Waals surface area contributed by atoms with Gasteiger partial charge in [-0.3, -0.25) is 9.59 Å². The van der Waals surface area contributed by atoms with E-state index in [4.69, 9.17) is 19.2 Å².